The molecule has 1 N–H and O–H groups in total. The van der Waals surface area contributed by atoms with Gasteiger partial charge in [0, 0.05) is 33.2 Å². The van der Waals surface area contributed by atoms with E-state index in [1.165, 1.54) is 17.1 Å². The zero-order chi connectivity index (χ0) is 17.4. The van der Waals surface area contributed by atoms with Gasteiger partial charge in [-0.15, -0.1) is 23.5 Å². The van der Waals surface area contributed by atoms with Crippen molar-refractivity contribution in [3.8, 4) is 0 Å². The van der Waals surface area contributed by atoms with E-state index in [2.05, 4.69) is 11.4 Å². The molecule has 0 saturated carbocycles. The Morgan fingerprint density at radius 1 is 1.20 bits per heavy atom. The largest absolute Gasteiger partial charge is 0.451 e. The second-order valence-electron chi connectivity index (χ2n) is 5.85. The van der Waals surface area contributed by atoms with Gasteiger partial charge in [0.15, 0.2) is 5.76 Å². The second kappa shape index (κ2) is 6.98. The predicted octanol–water partition coefficient (Wildman–Crippen LogP) is 6.13. The van der Waals surface area contributed by atoms with Crippen LogP contribution in [0, 0.1) is 6.92 Å². The molecule has 1 aliphatic rings. The molecule has 128 valence electrons. The smallest absolute Gasteiger partial charge is 0.291 e. The topological polar surface area (TPSA) is 42.2 Å². The predicted molar refractivity (Wildman–Crippen MR) is 108 cm³/mol. The van der Waals surface area contributed by atoms with E-state index in [1.807, 2.05) is 54.7 Å². The third kappa shape index (κ3) is 3.41. The molecule has 2 heterocycles. The molecule has 1 aromatic heterocycles. The number of nitrogens with one attached hydrogen (secondary N) is 1. The van der Waals surface area contributed by atoms with Crippen LogP contribution in [-0.4, -0.2) is 17.4 Å². The highest BCUT2D eigenvalue weighted by atomic mass is 35.5. The number of amides is 1. The maximum atomic E-state index is 12.7. The molecular formula is C19H16ClNO2S2. The Hall–Kier alpha value is -1.56. The number of hydrogen-bond acceptors (Lipinski definition) is 4. The van der Waals surface area contributed by atoms with Crippen molar-refractivity contribution in [2.75, 3.05) is 16.8 Å². The molecule has 1 aliphatic heterocycles. The van der Waals surface area contributed by atoms with Gasteiger partial charge in [0.2, 0.25) is 0 Å². The summed E-state index contributed by atoms with van der Waals surface area (Å²) in [4.78, 5) is 12.7. The lowest BCUT2D eigenvalue weighted by atomic mass is 10.1. The summed E-state index contributed by atoms with van der Waals surface area (Å²) in [6.07, 6.45) is 0. The molecule has 2 aromatic carbocycles. The molecule has 6 heteroatoms. The maximum Gasteiger partial charge on any atom is 0.291 e. The number of fused-ring (bicyclic) bond motifs is 1. The number of aryl methyl sites for hydroxylation is 1. The van der Waals surface area contributed by atoms with E-state index in [-0.39, 0.29) is 5.91 Å². The SMILES string of the molecule is Cc1c(C(=O)Nc2cccc(C3SCCS3)c2)oc2ccc(Cl)cc12. The fourth-order valence-electron chi connectivity index (χ4n) is 2.91. The van der Waals surface area contributed by atoms with Crippen LogP contribution in [0.4, 0.5) is 5.69 Å². The van der Waals surface area contributed by atoms with Crippen molar-refractivity contribution < 1.29 is 9.21 Å². The van der Waals surface area contributed by atoms with Gasteiger partial charge in [0.1, 0.15) is 5.58 Å². The number of carbonyl (C=O) groups excluding carboxylic acids is 1. The number of thioether (sulfide) groups is 2. The molecule has 0 atom stereocenters. The standard InChI is InChI=1S/C19H16ClNO2S2/c1-11-15-10-13(20)5-6-16(15)23-17(11)18(22)21-14-4-2-3-12(9-14)19-24-7-8-25-19/h2-6,9-10,19H,7-8H2,1H3,(H,21,22). The Balaban J connectivity index is 1.60. The van der Waals surface area contributed by atoms with Gasteiger partial charge < -0.3 is 9.73 Å². The molecule has 0 unspecified atom stereocenters. The highest BCUT2D eigenvalue weighted by Crippen LogP contribution is 2.45. The van der Waals surface area contributed by atoms with E-state index in [0.29, 0.717) is 20.9 Å². The van der Waals surface area contributed by atoms with E-state index in [0.717, 1.165) is 16.6 Å². The summed E-state index contributed by atoms with van der Waals surface area (Å²) in [5.74, 6) is 2.43. The van der Waals surface area contributed by atoms with Gasteiger partial charge in [-0.2, -0.15) is 0 Å². The Morgan fingerprint density at radius 2 is 2.00 bits per heavy atom. The Labute approximate surface area is 159 Å². The third-order valence-corrected chi connectivity index (χ3v) is 7.48. The molecule has 3 aromatic rings. The average Bonchev–Trinajstić information content (AvgIpc) is 3.24. The van der Waals surface area contributed by atoms with E-state index < -0.39 is 0 Å². The molecule has 1 fully saturated rings. The van der Waals surface area contributed by atoms with Crippen molar-refractivity contribution in [2.45, 2.75) is 11.5 Å². The fourth-order valence-corrected chi connectivity index (χ4v) is 5.92. The minimum Gasteiger partial charge on any atom is -0.451 e. The zero-order valence-corrected chi connectivity index (χ0v) is 15.9. The van der Waals surface area contributed by atoms with Crippen molar-refractivity contribution in [1.29, 1.82) is 0 Å². The summed E-state index contributed by atoms with van der Waals surface area (Å²) in [6, 6.07) is 13.4. The third-order valence-electron chi connectivity index (χ3n) is 4.14. The van der Waals surface area contributed by atoms with Crippen LogP contribution in [0.5, 0.6) is 0 Å². The van der Waals surface area contributed by atoms with Crippen molar-refractivity contribution >= 4 is 57.7 Å². The van der Waals surface area contributed by atoms with Gasteiger partial charge >= 0.3 is 0 Å². The molecule has 1 saturated heterocycles. The van der Waals surface area contributed by atoms with Crippen LogP contribution < -0.4 is 5.32 Å². The number of hydrogen-bond donors (Lipinski definition) is 1. The molecule has 1 amide bonds. The summed E-state index contributed by atoms with van der Waals surface area (Å²) in [7, 11) is 0. The van der Waals surface area contributed by atoms with Gasteiger partial charge in [0.25, 0.3) is 5.91 Å². The zero-order valence-electron chi connectivity index (χ0n) is 13.5. The van der Waals surface area contributed by atoms with Gasteiger partial charge in [0.05, 0.1) is 4.58 Å². The Kier molecular flexibility index (Phi) is 4.71. The molecule has 3 nitrogen and oxygen atoms in total. The van der Waals surface area contributed by atoms with Crippen LogP contribution in [0.1, 0.15) is 26.3 Å². The molecular weight excluding hydrogens is 374 g/mol. The van der Waals surface area contributed by atoms with Crippen LogP contribution in [0.25, 0.3) is 11.0 Å². The first-order valence-corrected chi connectivity index (χ1v) is 10.4. The minimum absolute atomic E-state index is 0.242. The molecule has 0 bridgehead atoms. The number of carbonyl (C=O) groups is 1. The Bertz CT molecular complexity index is 948. The lowest BCUT2D eigenvalue weighted by Gasteiger charge is -2.10. The summed E-state index contributed by atoms with van der Waals surface area (Å²) >= 11 is 9.93. The normalized spacial score (nSPS) is 15.0. The summed E-state index contributed by atoms with van der Waals surface area (Å²) in [5, 5.41) is 4.45. The quantitative estimate of drug-likeness (QED) is 0.585. The lowest BCUT2D eigenvalue weighted by molar-refractivity contribution is 0.0998. The van der Waals surface area contributed by atoms with E-state index >= 15 is 0 Å². The van der Waals surface area contributed by atoms with Crippen LogP contribution in [0.3, 0.4) is 0 Å². The molecule has 0 radical (unpaired) electrons. The van der Waals surface area contributed by atoms with Crippen molar-refractivity contribution in [2.24, 2.45) is 0 Å². The monoisotopic (exact) mass is 389 g/mol. The minimum atomic E-state index is -0.242. The van der Waals surface area contributed by atoms with Crippen LogP contribution in [0.2, 0.25) is 5.02 Å². The first kappa shape index (κ1) is 16.9. The van der Waals surface area contributed by atoms with Crippen molar-refractivity contribution in [3.05, 3.63) is 64.4 Å². The van der Waals surface area contributed by atoms with Gasteiger partial charge in [-0.25, -0.2) is 0 Å². The van der Waals surface area contributed by atoms with Crippen molar-refractivity contribution in [1.82, 2.24) is 0 Å². The van der Waals surface area contributed by atoms with E-state index in [9.17, 15) is 4.79 Å². The molecule has 0 aliphatic carbocycles. The summed E-state index contributed by atoms with van der Waals surface area (Å²) in [5.41, 5.74) is 3.49. The highest BCUT2D eigenvalue weighted by Gasteiger charge is 2.20. The summed E-state index contributed by atoms with van der Waals surface area (Å²) < 4.78 is 6.19. The van der Waals surface area contributed by atoms with E-state index in [1.54, 1.807) is 12.1 Å². The van der Waals surface area contributed by atoms with Crippen LogP contribution in [-0.2, 0) is 0 Å². The number of benzene rings is 2. The first-order valence-electron chi connectivity index (χ1n) is 7.95. The lowest BCUT2D eigenvalue weighted by Crippen LogP contribution is -2.12. The number of rotatable bonds is 3. The second-order valence-corrected chi connectivity index (χ2v) is 9.01. The van der Waals surface area contributed by atoms with Gasteiger partial charge in [-0.3, -0.25) is 4.79 Å². The number of anilines is 1. The van der Waals surface area contributed by atoms with Gasteiger partial charge in [-0.05, 0) is 42.8 Å². The van der Waals surface area contributed by atoms with Crippen LogP contribution >= 0.6 is 35.1 Å². The number of furan rings is 1. The molecule has 25 heavy (non-hydrogen) atoms. The first-order chi connectivity index (χ1) is 12.1. The van der Waals surface area contributed by atoms with E-state index in [4.69, 9.17) is 16.0 Å². The molecule has 4 rings (SSSR count). The molecule has 0 spiro atoms. The van der Waals surface area contributed by atoms with Gasteiger partial charge in [-0.1, -0.05) is 23.7 Å². The highest BCUT2D eigenvalue weighted by molar-refractivity contribution is 8.19. The maximum absolute atomic E-state index is 12.7. The summed E-state index contributed by atoms with van der Waals surface area (Å²) in [6.45, 7) is 1.87. The fraction of sp³-hybridized carbons (Fsp3) is 0.211. The Morgan fingerprint density at radius 3 is 2.80 bits per heavy atom. The van der Waals surface area contributed by atoms with Crippen LogP contribution in [0.15, 0.2) is 46.9 Å². The average molecular weight is 390 g/mol. The number of halogens is 1. The van der Waals surface area contributed by atoms with Crippen molar-refractivity contribution in [3.63, 3.8) is 0 Å².